The van der Waals surface area contributed by atoms with Gasteiger partial charge in [0.25, 0.3) is 0 Å². The van der Waals surface area contributed by atoms with E-state index in [0.717, 1.165) is 21.2 Å². The normalized spacial score (nSPS) is 10.6. The van der Waals surface area contributed by atoms with Crippen molar-refractivity contribution in [2.75, 3.05) is 0 Å². The molecule has 1 heterocycles. The summed E-state index contributed by atoms with van der Waals surface area (Å²) in [7, 11) is 0. The number of benzene rings is 2. The summed E-state index contributed by atoms with van der Waals surface area (Å²) in [5, 5.41) is 0.742. The van der Waals surface area contributed by atoms with Crippen LogP contribution in [0, 0.1) is 0 Å². The Morgan fingerprint density at radius 1 is 1.00 bits per heavy atom. The predicted octanol–water partition coefficient (Wildman–Crippen LogP) is 5.70. The lowest BCUT2D eigenvalue weighted by atomic mass is 10.2. The van der Waals surface area contributed by atoms with Crippen molar-refractivity contribution in [3.05, 3.63) is 77.0 Å². The number of halogens is 1. The first-order valence-electron chi connectivity index (χ1n) is 6.78. The molecule has 0 saturated carbocycles. The van der Waals surface area contributed by atoms with E-state index < -0.39 is 0 Å². The summed E-state index contributed by atoms with van der Waals surface area (Å²) >= 11 is 7.63. The van der Waals surface area contributed by atoms with Crippen molar-refractivity contribution in [2.45, 2.75) is 10.6 Å². The maximum Gasteiger partial charge on any atom is 0.185 e. The predicted molar refractivity (Wildman–Crippen MR) is 90.5 cm³/mol. The van der Waals surface area contributed by atoms with E-state index in [1.165, 1.54) is 5.56 Å². The van der Waals surface area contributed by atoms with Gasteiger partial charge >= 0.3 is 0 Å². The Kier molecular flexibility index (Phi) is 4.66. The van der Waals surface area contributed by atoms with Crippen LogP contribution in [0.2, 0.25) is 5.02 Å². The van der Waals surface area contributed by atoms with Gasteiger partial charge in [0.15, 0.2) is 12.0 Å². The first-order valence-corrected chi connectivity index (χ1v) is 8.14. The van der Waals surface area contributed by atoms with Gasteiger partial charge in [0.1, 0.15) is 5.76 Å². The molecule has 0 unspecified atom stereocenters. The fourth-order valence-corrected chi connectivity index (χ4v) is 3.24. The highest BCUT2D eigenvalue weighted by Crippen LogP contribution is 2.34. The lowest BCUT2D eigenvalue weighted by Gasteiger charge is -2.07. The topological polar surface area (TPSA) is 30.2 Å². The van der Waals surface area contributed by atoms with E-state index in [9.17, 15) is 4.79 Å². The second-order valence-electron chi connectivity index (χ2n) is 4.73. The highest BCUT2D eigenvalue weighted by Gasteiger charge is 2.09. The smallest absolute Gasteiger partial charge is 0.185 e. The zero-order valence-electron chi connectivity index (χ0n) is 11.7. The molecule has 0 aliphatic heterocycles. The van der Waals surface area contributed by atoms with Gasteiger partial charge in [0.05, 0.1) is 0 Å². The van der Waals surface area contributed by atoms with Crippen LogP contribution in [0.3, 0.4) is 0 Å². The maximum atomic E-state index is 10.8. The molecule has 4 heteroatoms. The van der Waals surface area contributed by atoms with Gasteiger partial charge in [-0.25, -0.2) is 0 Å². The Bertz CT molecular complexity index is 778. The minimum absolute atomic E-state index is 0.340. The van der Waals surface area contributed by atoms with Crippen molar-refractivity contribution in [1.29, 1.82) is 0 Å². The van der Waals surface area contributed by atoms with Crippen molar-refractivity contribution >= 4 is 29.6 Å². The number of rotatable bonds is 5. The molecule has 0 fully saturated rings. The summed E-state index contributed by atoms with van der Waals surface area (Å²) in [5.74, 6) is 1.89. The maximum absolute atomic E-state index is 10.8. The molecular weight excluding hydrogens is 316 g/mol. The van der Waals surface area contributed by atoms with Crippen LogP contribution < -0.4 is 0 Å². The number of carbonyl (C=O) groups is 1. The van der Waals surface area contributed by atoms with Gasteiger partial charge < -0.3 is 4.42 Å². The van der Waals surface area contributed by atoms with Gasteiger partial charge in [-0.2, -0.15) is 0 Å². The van der Waals surface area contributed by atoms with Crippen molar-refractivity contribution in [2.24, 2.45) is 0 Å². The fraction of sp³-hybridized carbons (Fsp3) is 0.0556. The average molecular weight is 329 g/mol. The molecule has 0 saturated heterocycles. The molecule has 110 valence electrons. The fourth-order valence-electron chi connectivity index (χ4n) is 2.10. The van der Waals surface area contributed by atoms with Crippen LogP contribution in [0.25, 0.3) is 11.3 Å². The van der Waals surface area contributed by atoms with Gasteiger partial charge in [0, 0.05) is 21.2 Å². The van der Waals surface area contributed by atoms with Crippen molar-refractivity contribution in [3.8, 4) is 11.3 Å². The van der Waals surface area contributed by atoms with E-state index in [1.54, 1.807) is 17.8 Å². The molecule has 0 N–H and O–H groups in total. The average Bonchev–Trinajstić information content (AvgIpc) is 3.03. The van der Waals surface area contributed by atoms with Crippen molar-refractivity contribution in [1.82, 2.24) is 0 Å². The molecule has 1 aromatic heterocycles. The number of furan rings is 1. The molecule has 0 spiro atoms. The van der Waals surface area contributed by atoms with E-state index in [4.69, 9.17) is 16.0 Å². The Morgan fingerprint density at radius 2 is 1.77 bits per heavy atom. The molecule has 0 amide bonds. The minimum atomic E-state index is 0.340. The third-order valence-electron chi connectivity index (χ3n) is 3.20. The van der Waals surface area contributed by atoms with E-state index in [2.05, 4.69) is 6.07 Å². The molecule has 0 aliphatic carbocycles. The molecule has 0 bridgehead atoms. The summed E-state index contributed by atoms with van der Waals surface area (Å²) in [4.78, 5) is 11.9. The molecule has 3 rings (SSSR count). The summed E-state index contributed by atoms with van der Waals surface area (Å²) in [6, 6.07) is 19.4. The van der Waals surface area contributed by atoms with Crippen molar-refractivity contribution < 1.29 is 9.21 Å². The summed E-state index contributed by atoms with van der Waals surface area (Å²) in [6.07, 6.45) is 0.715. The van der Waals surface area contributed by atoms with Crippen LogP contribution in [0.4, 0.5) is 0 Å². The van der Waals surface area contributed by atoms with E-state index >= 15 is 0 Å². The molecule has 0 atom stereocenters. The third kappa shape index (κ3) is 3.43. The van der Waals surface area contributed by atoms with Gasteiger partial charge in [-0.3, -0.25) is 4.79 Å². The Balaban J connectivity index is 1.82. The third-order valence-corrected chi connectivity index (χ3v) is 4.60. The molecule has 0 aliphatic rings. The number of carbonyl (C=O) groups excluding carboxylic acids is 1. The van der Waals surface area contributed by atoms with Gasteiger partial charge in [-0.1, -0.05) is 41.9 Å². The molecule has 0 radical (unpaired) electrons. The first kappa shape index (κ1) is 14.9. The zero-order chi connectivity index (χ0) is 15.4. The number of hydrogen-bond acceptors (Lipinski definition) is 3. The highest BCUT2D eigenvalue weighted by molar-refractivity contribution is 7.98. The molecule has 3 aromatic rings. The van der Waals surface area contributed by atoms with Crippen LogP contribution >= 0.6 is 23.4 Å². The second kappa shape index (κ2) is 6.86. The number of hydrogen-bond donors (Lipinski definition) is 0. The standard InChI is InChI=1S/C18H13ClO2S/c19-14-7-5-13(6-8-14)12-22-18-4-2-1-3-16(18)17-10-9-15(11-20)21-17/h1-11H,12H2. The Morgan fingerprint density at radius 3 is 2.50 bits per heavy atom. The van der Waals surface area contributed by atoms with Crippen LogP contribution in [-0.2, 0) is 5.75 Å². The molecule has 22 heavy (non-hydrogen) atoms. The summed E-state index contributed by atoms with van der Waals surface area (Å²) in [5.41, 5.74) is 2.20. The lowest BCUT2D eigenvalue weighted by molar-refractivity contribution is 0.110. The summed E-state index contributed by atoms with van der Waals surface area (Å²) in [6.45, 7) is 0. The molecule has 2 nitrogen and oxygen atoms in total. The van der Waals surface area contributed by atoms with Gasteiger partial charge in [0.2, 0.25) is 0 Å². The SMILES string of the molecule is O=Cc1ccc(-c2ccccc2SCc2ccc(Cl)cc2)o1. The van der Waals surface area contributed by atoms with Gasteiger partial charge in [-0.15, -0.1) is 11.8 Å². The quantitative estimate of drug-likeness (QED) is 0.444. The molecule has 2 aromatic carbocycles. The Labute approximate surface area is 138 Å². The van der Waals surface area contributed by atoms with Crippen LogP contribution in [0.15, 0.2) is 70.0 Å². The lowest BCUT2D eigenvalue weighted by Crippen LogP contribution is -1.83. The van der Waals surface area contributed by atoms with E-state index in [1.807, 2.05) is 48.5 Å². The Hall–Kier alpha value is -1.97. The zero-order valence-corrected chi connectivity index (χ0v) is 13.2. The molecular formula is C18H13ClO2S. The van der Waals surface area contributed by atoms with Crippen LogP contribution in [0.1, 0.15) is 16.1 Å². The first-order chi connectivity index (χ1) is 10.8. The van der Waals surface area contributed by atoms with Crippen LogP contribution in [-0.4, -0.2) is 6.29 Å². The van der Waals surface area contributed by atoms with E-state index in [-0.39, 0.29) is 0 Å². The van der Waals surface area contributed by atoms with Crippen molar-refractivity contribution in [3.63, 3.8) is 0 Å². The number of thioether (sulfide) groups is 1. The van der Waals surface area contributed by atoms with E-state index in [0.29, 0.717) is 17.8 Å². The van der Waals surface area contributed by atoms with Crippen LogP contribution in [0.5, 0.6) is 0 Å². The number of aldehydes is 1. The monoisotopic (exact) mass is 328 g/mol. The largest absolute Gasteiger partial charge is 0.453 e. The summed E-state index contributed by atoms with van der Waals surface area (Å²) < 4.78 is 5.53. The minimum Gasteiger partial charge on any atom is -0.453 e. The van der Waals surface area contributed by atoms with Gasteiger partial charge in [-0.05, 0) is 35.9 Å². The highest BCUT2D eigenvalue weighted by atomic mass is 35.5. The second-order valence-corrected chi connectivity index (χ2v) is 6.18.